The molecule has 0 atom stereocenters. The summed E-state index contributed by atoms with van der Waals surface area (Å²) in [7, 11) is 0. The van der Waals surface area contributed by atoms with Crippen molar-refractivity contribution in [2.45, 2.75) is 20.8 Å². The summed E-state index contributed by atoms with van der Waals surface area (Å²) in [5.74, 6) is -0.0487. The van der Waals surface area contributed by atoms with E-state index in [0.29, 0.717) is 0 Å². The van der Waals surface area contributed by atoms with Crippen LogP contribution in [0.15, 0.2) is 18.3 Å². The monoisotopic (exact) mass is 202 g/mol. The third-order valence-corrected chi connectivity index (χ3v) is 2.55. The minimum Gasteiger partial charge on any atom is -0.359 e. The topological polar surface area (TPSA) is 44.9 Å². The van der Waals surface area contributed by atoms with Crippen LogP contribution in [0.1, 0.15) is 18.1 Å². The van der Waals surface area contributed by atoms with Crippen molar-refractivity contribution < 1.29 is 4.79 Å². The number of aromatic nitrogens is 1. The number of carbonyl (C=O) groups is 1. The molecule has 3 nitrogen and oxygen atoms in total. The average molecular weight is 202 g/mol. The number of aromatic amines is 1. The summed E-state index contributed by atoms with van der Waals surface area (Å²) in [5.41, 5.74) is 4.27. The van der Waals surface area contributed by atoms with Crippen molar-refractivity contribution in [1.82, 2.24) is 4.98 Å². The van der Waals surface area contributed by atoms with E-state index >= 15 is 0 Å². The normalized spacial score (nSPS) is 10.6. The van der Waals surface area contributed by atoms with E-state index in [1.54, 1.807) is 0 Å². The van der Waals surface area contributed by atoms with Crippen molar-refractivity contribution in [3.05, 3.63) is 29.5 Å². The molecule has 0 spiro atoms. The first-order valence-electron chi connectivity index (χ1n) is 4.94. The lowest BCUT2D eigenvalue weighted by Crippen LogP contribution is -2.06. The molecule has 1 amide bonds. The Labute approximate surface area is 88.5 Å². The number of hydrogen-bond donors (Lipinski definition) is 2. The Morgan fingerprint density at radius 3 is 2.67 bits per heavy atom. The van der Waals surface area contributed by atoms with Gasteiger partial charge in [-0.05, 0) is 31.0 Å². The molecule has 0 radical (unpaired) electrons. The Kier molecular flexibility index (Phi) is 2.23. The molecule has 1 aromatic carbocycles. The van der Waals surface area contributed by atoms with Crippen LogP contribution in [-0.4, -0.2) is 10.9 Å². The van der Waals surface area contributed by atoms with Gasteiger partial charge in [0.1, 0.15) is 0 Å². The second-order valence-corrected chi connectivity index (χ2v) is 3.83. The average Bonchev–Trinajstić information content (AvgIpc) is 2.53. The van der Waals surface area contributed by atoms with Gasteiger partial charge < -0.3 is 10.3 Å². The van der Waals surface area contributed by atoms with E-state index in [0.717, 1.165) is 11.2 Å². The first-order valence-corrected chi connectivity index (χ1v) is 4.94. The molecule has 0 saturated heterocycles. The zero-order chi connectivity index (χ0) is 11.0. The van der Waals surface area contributed by atoms with Gasteiger partial charge in [0.25, 0.3) is 0 Å². The summed E-state index contributed by atoms with van der Waals surface area (Å²) in [6.45, 7) is 5.64. The van der Waals surface area contributed by atoms with Crippen LogP contribution in [0.2, 0.25) is 0 Å². The highest BCUT2D eigenvalue weighted by Gasteiger charge is 2.08. The smallest absolute Gasteiger partial charge is 0.221 e. The first-order chi connectivity index (χ1) is 7.09. The highest BCUT2D eigenvalue weighted by molar-refractivity contribution is 6.02. The minimum absolute atomic E-state index is 0.0487. The molecule has 2 rings (SSSR count). The third-order valence-electron chi connectivity index (χ3n) is 2.55. The molecule has 0 fully saturated rings. The SMILES string of the molecule is CC(=O)Nc1ccc(C)c2c(C)c[nH]c12. The van der Waals surface area contributed by atoms with E-state index in [1.165, 1.54) is 23.4 Å². The molecule has 0 aliphatic rings. The van der Waals surface area contributed by atoms with Crippen LogP contribution >= 0.6 is 0 Å². The van der Waals surface area contributed by atoms with E-state index in [4.69, 9.17) is 0 Å². The molecule has 0 saturated carbocycles. The van der Waals surface area contributed by atoms with Crippen LogP contribution in [0.25, 0.3) is 10.9 Å². The Bertz CT molecular complexity index is 526. The number of hydrogen-bond acceptors (Lipinski definition) is 1. The molecule has 3 heteroatoms. The van der Waals surface area contributed by atoms with Gasteiger partial charge in [-0.3, -0.25) is 4.79 Å². The van der Waals surface area contributed by atoms with Gasteiger partial charge in [-0.15, -0.1) is 0 Å². The van der Waals surface area contributed by atoms with Crippen LogP contribution in [0.5, 0.6) is 0 Å². The highest BCUT2D eigenvalue weighted by atomic mass is 16.1. The number of aryl methyl sites for hydroxylation is 2. The number of fused-ring (bicyclic) bond motifs is 1. The fraction of sp³-hybridized carbons (Fsp3) is 0.250. The first kappa shape index (κ1) is 9.77. The molecule has 0 bridgehead atoms. The van der Waals surface area contributed by atoms with Crippen LogP contribution in [0.3, 0.4) is 0 Å². The number of anilines is 1. The molecule has 2 aromatic rings. The van der Waals surface area contributed by atoms with Gasteiger partial charge in [-0.1, -0.05) is 6.07 Å². The maximum Gasteiger partial charge on any atom is 0.221 e. The third kappa shape index (κ3) is 1.61. The lowest BCUT2D eigenvalue weighted by molar-refractivity contribution is -0.114. The van der Waals surface area contributed by atoms with E-state index < -0.39 is 0 Å². The zero-order valence-electron chi connectivity index (χ0n) is 9.14. The second-order valence-electron chi connectivity index (χ2n) is 3.83. The number of carbonyl (C=O) groups excluding carboxylic acids is 1. The lowest BCUT2D eigenvalue weighted by Gasteiger charge is -2.06. The molecular formula is C12H14N2O. The molecule has 15 heavy (non-hydrogen) atoms. The lowest BCUT2D eigenvalue weighted by atomic mass is 10.1. The molecular weight excluding hydrogens is 188 g/mol. The van der Waals surface area contributed by atoms with Crippen molar-refractivity contribution in [3.8, 4) is 0 Å². The number of H-pyrrole nitrogens is 1. The van der Waals surface area contributed by atoms with Crippen molar-refractivity contribution in [2.24, 2.45) is 0 Å². The summed E-state index contributed by atoms with van der Waals surface area (Å²) in [6, 6.07) is 3.95. The summed E-state index contributed by atoms with van der Waals surface area (Å²) < 4.78 is 0. The maximum atomic E-state index is 11.0. The van der Waals surface area contributed by atoms with E-state index in [1.807, 2.05) is 18.3 Å². The van der Waals surface area contributed by atoms with Crippen LogP contribution in [0, 0.1) is 13.8 Å². The van der Waals surface area contributed by atoms with Gasteiger partial charge >= 0.3 is 0 Å². The fourth-order valence-electron chi connectivity index (χ4n) is 1.91. The molecule has 0 aliphatic carbocycles. The Hall–Kier alpha value is -1.77. The van der Waals surface area contributed by atoms with Gasteiger partial charge in [0.2, 0.25) is 5.91 Å². The molecule has 1 aromatic heterocycles. The quantitative estimate of drug-likeness (QED) is 0.733. The summed E-state index contributed by atoms with van der Waals surface area (Å²) in [6.07, 6.45) is 1.96. The van der Waals surface area contributed by atoms with E-state index in [2.05, 4.69) is 24.1 Å². The maximum absolute atomic E-state index is 11.0. The zero-order valence-corrected chi connectivity index (χ0v) is 9.14. The largest absolute Gasteiger partial charge is 0.359 e. The van der Waals surface area contributed by atoms with Gasteiger partial charge in [0, 0.05) is 18.5 Å². The fourth-order valence-corrected chi connectivity index (χ4v) is 1.91. The standard InChI is InChI=1S/C12H14N2O/c1-7-4-5-10(14-9(3)15)12-11(7)8(2)6-13-12/h4-6,13H,1-3H3,(H,14,15). The Morgan fingerprint density at radius 1 is 1.27 bits per heavy atom. The van der Waals surface area contributed by atoms with Crippen LogP contribution in [-0.2, 0) is 4.79 Å². The molecule has 2 N–H and O–H groups in total. The Balaban J connectivity index is 2.67. The molecule has 0 unspecified atom stereocenters. The molecule has 78 valence electrons. The predicted octanol–water partition coefficient (Wildman–Crippen LogP) is 2.74. The highest BCUT2D eigenvalue weighted by Crippen LogP contribution is 2.28. The van der Waals surface area contributed by atoms with Crippen molar-refractivity contribution in [2.75, 3.05) is 5.32 Å². The van der Waals surface area contributed by atoms with Crippen molar-refractivity contribution >= 4 is 22.5 Å². The minimum atomic E-state index is -0.0487. The van der Waals surface area contributed by atoms with Gasteiger partial charge in [-0.25, -0.2) is 0 Å². The summed E-state index contributed by atoms with van der Waals surface area (Å²) in [4.78, 5) is 14.2. The van der Waals surface area contributed by atoms with Gasteiger partial charge in [0.05, 0.1) is 11.2 Å². The molecule has 0 aliphatic heterocycles. The van der Waals surface area contributed by atoms with E-state index in [-0.39, 0.29) is 5.91 Å². The van der Waals surface area contributed by atoms with Gasteiger partial charge in [-0.2, -0.15) is 0 Å². The molecule has 1 heterocycles. The summed E-state index contributed by atoms with van der Waals surface area (Å²) in [5, 5.41) is 4.01. The van der Waals surface area contributed by atoms with Gasteiger partial charge in [0.15, 0.2) is 0 Å². The van der Waals surface area contributed by atoms with Crippen LogP contribution in [0.4, 0.5) is 5.69 Å². The van der Waals surface area contributed by atoms with Crippen molar-refractivity contribution in [3.63, 3.8) is 0 Å². The second kappa shape index (κ2) is 3.42. The number of rotatable bonds is 1. The number of amides is 1. The van der Waals surface area contributed by atoms with E-state index in [9.17, 15) is 4.79 Å². The Morgan fingerprint density at radius 2 is 2.00 bits per heavy atom. The predicted molar refractivity (Wildman–Crippen MR) is 62.1 cm³/mol. The number of benzene rings is 1. The van der Waals surface area contributed by atoms with Crippen molar-refractivity contribution in [1.29, 1.82) is 0 Å². The van der Waals surface area contributed by atoms with Crippen LogP contribution < -0.4 is 5.32 Å². The number of nitrogens with one attached hydrogen (secondary N) is 2. The summed E-state index contributed by atoms with van der Waals surface area (Å²) >= 11 is 0.